The van der Waals surface area contributed by atoms with Crippen LogP contribution in [-0.4, -0.2) is 5.91 Å². The second kappa shape index (κ2) is 7.61. The third kappa shape index (κ3) is 4.86. The first kappa shape index (κ1) is 16.0. The number of benzene rings is 2. The van der Waals surface area contributed by atoms with Crippen molar-refractivity contribution in [2.45, 2.75) is 13.3 Å². The Morgan fingerprint density at radius 1 is 1.24 bits per heavy atom. The molecular weight excluding hydrogens is 397 g/mol. The average Bonchev–Trinajstić information content (AvgIpc) is 2.48. The lowest BCUT2D eigenvalue weighted by Gasteiger charge is -2.08. The summed E-state index contributed by atoms with van der Waals surface area (Å²) in [4.78, 5) is 12.0. The summed E-state index contributed by atoms with van der Waals surface area (Å²) in [7, 11) is 0. The highest BCUT2D eigenvalue weighted by Gasteiger charge is 2.04. The molecule has 0 aliphatic carbocycles. The lowest BCUT2D eigenvalue weighted by atomic mass is 10.1. The van der Waals surface area contributed by atoms with Crippen LogP contribution in [0.1, 0.15) is 18.1 Å². The number of halogens is 2. The number of carbonyl (C=O) groups is 1. The van der Waals surface area contributed by atoms with Crippen LogP contribution in [0.15, 0.2) is 48.5 Å². The minimum absolute atomic E-state index is 0.138. The van der Waals surface area contributed by atoms with Crippen LogP contribution < -0.4 is 5.32 Å². The molecule has 0 atom stereocenters. The van der Waals surface area contributed by atoms with Gasteiger partial charge < -0.3 is 5.32 Å². The number of carbonyl (C=O) groups excluding carboxylic acids is 1. The van der Waals surface area contributed by atoms with E-state index in [4.69, 9.17) is 11.6 Å². The molecule has 0 aromatic heterocycles. The van der Waals surface area contributed by atoms with Gasteiger partial charge in [-0.3, -0.25) is 4.79 Å². The zero-order valence-electron chi connectivity index (χ0n) is 11.6. The van der Waals surface area contributed by atoms with Gasteiger partial charge in [0.25, 0.3) is 0 Å². The Balaban J connectivity index is 2.06. The molecule has 2 aromatic carbocycles. The highest BCUT2D eigenvalue weighted by molar-refractivity contribution is 14.1. The summed E-state index contributed by atoms with van der Waals surface area (Å²) in [5.74, 6) is -0.138. The van der Waals surface area contributed by atoms with Gasteiger partial charge >= 0.3 is 0 Å². The number of hydrogen-bond donors (Lipinski definition) is 1. The average molecular weight is 412 g/mol. The molecule has 21 heavy (non-hydrogen) atoms. The van der Waals surface area contributed by atoms with Gasteiger partial charge in [0.15, 0.2) is 0 Å². The molecule has 108 valence electrons. The molecular formula is C17H15ClINO. The van der Waals surface area contributed by atoms with Gasteiger partial charge in [0.2, 0.25) is 5.91 Å². The molecule has 0 heterocycles. The molecule has 0 saturated carbocycles. The monoisotopic (exact) mass is 411 g/mol. The summed E-state index contributed by atoms with van der Waals surface area (Å²) in [5, 5.41) is 3.60. The van der Waals surface area contributed by atoms with E-state index >= 15 is 0 Å². The molecule has 0 radical (unpaired) electrons. The van der Waals surface area contributed by atoms with E-state index in [9.17, 15) is 4.79 Å². The highest BCUT2D eigenvalue weighted by Crippen LogP contribution is 2.19. The number of amides is 1. The summed E-state index contributed by atoms with van der Waals surface area (Å²) in [6, 6.07) is 13.3. The quantitative estimate of drug-likeness (QED) is 0.546. The van der Waals surface area contributed by atoms with E-state index in [0.29, 0.717) is 5.02 Å². The van der Waals surface area contributed by atoms with Crippen molar-refractivity contribution < 1.29 is 4.79 Å². The van der Waals surface area contributed by atoms with E-state index in [1.807, 2.05) is 24.3 Å². The van der Waals surface area contributed by atoms with Gasteiger partial charge in [-0.05, 0) is 76.5 Å². The lowest BCUT2D eigenvalue weighted by Crippen LogP contribution is -2.09. The van der Waals surface area contributed by atoms with Crippen LogP contribution in [0, 0.1) is 3.57 Å². The van der Waals surface area contributed by atoms with Crippen LogP contribution in [0.25, 0.3) is 6.08 Å². The summed E-state index contributed by atoms with van der Waals surface area (Å²) >= 11 is 8.09. The number of aryl methyl sites for hydroxylation is 1. The predicted octanol–water partition coefficient (Wildman–Crippen LogP) is 5.16. The molecule has 1 N–H and O–H groups in total. The molecule has 0 unspecified atom stereocenters. The van der Waals surface area contributed by atoms with E-state index in [1.165, 1.54) is 9.65 Å². The SMILES string of the molecule is CCc1cc(I)ccc1NC(=O)/C=C/c1ccc(Cl)cc1. The molecule has 0 bridgehead atoms. The van der Waals surface area contributed by atoms with Gasteiger partial charge in [-0.25, -0.2) is 0 Å². The first-order valence-electron chi connectivity index (χ1n) is 6.61. The number of hydrogen-bond acceptors (Lipinski definition) is 1. The van der Waals surface area contributed by atoms with Gasteiger partial charge in [-0.15, -0.1) is 0 Å². The summed E-state index contributed by atoms with van der Waals surface area (Å²) in [6.45, 7) is 2.07. The maximum Gasteiger partial charge on any atom is 0.248 e. The minimum Gasteiger partial charge on any atom is -0.322 e. The minimum atomic E-state index is -0.138. The Hall–Kier alpha value is -1.33. The van der Waals surface area contributed by atoms with Crippen molar-refractivity contribution in [2.24, 2.45) is 0 Å². The van der Waals surface area contributed by atoms with Crippen LogP contribution >= 0.6 is 34.2 Å². The number of nitrogens with one attached hydrogen (secondary N) is 1. The zero-order chi connectivity index (χ0) is 15.2. The molecule has 0 aliphatic rings. The van der Waals surface area contributed by atoms with Crippen molar-refractivity contribution in [1.29, 1.82) is 0 Å². The van der Waals surface area contributed by atoms with Gasteiger partial charge in [0.1, 0.15) is 0 Å². The van der Waals surface area contributed by atoms with Crippen molar-refractivity contribution in [1.82, 2.24) is 0 Å². The molecule has 2 nitrogen and oxygen atoms in total. The fraction of sp³-hybridized carbons (Fsp3) is 0.118. The normalized spacial score (nSPS) is 10.8. The Bertz CT molecular complexity index is 665. The second-order valence-electron chi connectivity index (χ2n) is 4.53. The fourth-order valence-corrected chi connectivity index (χ4v) is 2.58. The molecule has 0 spiro atoms. The van der Waals surface area contributed by atoms with Crippen molar-refractivity contribution in [2.75, 3.05) is 5.32 Å². The molecule has 1 amide bonds. The molecule has 2 rings (SSSR count). The smallest absolute Gasteiger partial charge is 0.248 e. The summed E-state index contributed by atoms with van der Waals surface area (Å²) in [5.41, 5.74) is 2.94. The number of anilines is 1. The molecule has 2 aromatic rings. The van der Waals surface area contributed by atoms with Crippen LogP contribution in [0.5, 0.6) is 0 Å². The summed E-state index contributed by atoms with van der Waals surface area (Å²) < 4.78 is 1.17. The second-order valence-corrected chi connectivity index (χ2v) is 6.21. The van der Waals surface area contributed by atoms with Crippen molar-refractivity contribution in [3.05, 3.63) is 68.3 Å². The fourth-order valence-electron chi connectivity index (χ4n) is 1.90. The molecule has 0 aliphatic heterocycles. The van der Waals surface area contributed by atoms with Gasteiger partial charge in [0, 0.05) is 20.4 Å². The zero-order valence-corrected chi connectivity index (χ0v) is 14.5. The van der Waals surface area contributed by atoms with Crippen molar-refractivity contribution in [3.8, 4) is 0 Å². The summed E-state index contributed by atoms with van der Waals surface area (Å²) in [6.07, 6.45) is 4.18. The van der Waals surface area contributed by atoms with E-state index in [-0.39, 0.29) is 5.91 Å². The van der Waals surface area contributed by atoms with E-state index < -0.39 is 0 Å². The van der Waals surface area contributed by atoms with E-state index in [0.717, 1.165) is 23.2 Å². The lowest BCUT2D eigenvalue weighted by molar-refractivity contribution is -0.111. The molecule has 0 saturated heterocycles. The van der Waals surface area contributed by atoms with Gasteiger partial charge in [-0.1, -0.05) is 30.7 Å². The van der Waals surface area contributed by atoms with Crippen LogP contribution in [-0.2, 0) is 11.2 Å². The number of rotatable bonds is 4. The Kier molecular flexibility index (Phi) is 5.82. The van der Waals surface area contributed by atoms with Crippen LogP contribution in [0.4, 0.5) is 5.69 Å². The highest BCUT2D eigenvalue weighted by atomic mass is 127. The van der Waals surface area contributed by atoms with E-state index in [1.54, 1.807) is 18.2 Å². The molecule has 4 heteroatoms. The maximum atomic E-state index is 12.0. The Morgan fingerprint density at radius 2 is 1.95 bits per heavy atom. The standard InChI is InChI=1S/C17H15ClINO/c1-2-13-11-15(19)8-9-16(13)20-17(21)10-5-12-3-6-14(18)7-4-12/h3-11H,2H2,1H3,(H,20,21)/b10-5+. The van der Waals surface area contributed by atoms with Crippen LogP contribution in [0.3, 0.4) is 0 Å². The van der Waals surface area contributed by atoms with Crippen molar-refractivity contribution >= 4 is 51.9 Å². The Labute approximate surface area is 143 Å². The first-order valence-corrected chi connectivity index (χ1v) is 8.07. The van der Waals surface area contributed by atoms with Crippen LogP contribution in [0.2, 0.25) is 5.02 Å². The van der Waals surface area contributed by atoms with E-state index in [2.05, 4.69) is 40.9 Å². The predicted molar refractivity (Wildman–Crippen MR) is 97.7 cm³/mol. The van der Waals surface area contributed by atoms with Gasteiger partial charge in [0.05, 0.1) is 0 Å². The third-order valence-electron chi connectivity index (χ3n) is 3.00. The first-order chi connectivity index (χ1) is 10.1. The largest absolute Gasteiger partial charge is 0.322 e. The van der Waals surface area contributed by atoms with Crippen molar-refractivity contribution in [3.63, 3.8) is 0 Å². The topological polar surface area (TPSA) is 29.1 Å². The Morgan fingerprint density at radius 3 is 2.62 bits per heavy atom. The third-order valence-corrected chi connectivity index (χ3v) is 3.93. The molecule has 0 fully saturated rings. The maximum absolute atomic E-state index is 12.0. The van der Waals surface area contributed by atoms with Gasteiger partial charge in [-0.2, -0.15) is 0 Å².